The van der Waals surface area contributed by atoms with E-state index in [4.69, 9.17) is 11.6 Å². The summed E-state index contributed by atoms with van der Waals surface area (Å²) < 4.78 is 0. The Kier molecular flexibility index (Phi) is 4.93. The summed E-state index contributed by atoms with van der Waals surface area (Å²) in [6.45, 7) is 0. The summed E-state index contributed by atoms with van der Waals surface area (Å²) in [5.74, 6) is 0.592. The Morgan fingerprint density at radius 1 is 1.17 bits per heavy atom. The van der Waals surface area contributed by atoms with Crippen LogP contribution in [0.1, 0.15) is 44.9 Å². The second kappa shape index (κ2) is 6.69. The first-order chi connectivity index (χ1) is 8.75. The van der Waals surface area contributed by atoms with Gasteiger partial charge < -0.3 is 5.32 Å². The maximum Gasteiger partial charge on any atom is 0.228 e. The fourth-order valence-electron chi connectivity index (χ4n) is 2.35. The van der Waals surface area contributed by atoms with Gasteiger partial charge in [0.05, 0.1) is 12.4 Å². The van der Waals surface area contributed by atoms with Gasteiger partial charge in [0.25, 0.3) is 0 Å². The van der Waals surface area contributed by atoms with Gasteiger partial charge >= 0.3 is 0 Å². The van der Waals surface area contributed by atoms with E-state index in [0.717, 1.165) is 25.7 Å². The van der Waals surface area contributed by atoms with Gasteiger partial charge in [-0.25, -0.2) is 4.98 Å². The summed E-state index contributed by atoms with van der Waals surface area (Å²) in [6.07, 6.45) is 11.0. The molecule has 0 unspecified atom stereocenters. The van der Waals surface area contributed by atoms with Crippen LogP contribution in [0.2, 0.25) is 5.15 Å². The number of rotatable bonds is 2. The molecule has 5 heteroatoms. The average molecular weight is 268 g/mol. The van der Waals surface area contributed by atoms with E-state index in [1.807, 2.05) is 0 Å². The lowest BCUT2D eigenvalue weighted by molar-refractivity contribution is -0.120. The van der Waals surface area contributed by atoms with Crippen molar-refractivity contribution < 1.29 is 4.79 Å². The molecule has 18 heavy (non-hydrogen) atoms. The standard InChI is InChI=1S/C13H18ClN3O/c14-11-8-15-9-12(16-11)17-13(18)10-6-4-2-1-3-5-7-10/h8-10H,1-7H2,(H,16,17,18). The van der Waals surface area contributed by atoms with Crippen LogP contribution in [0, 0.1) is 5.92 Å². The first kappa shape index (κ1) is 13.3. The smallest absolute Gasteiger partial charge is 0.228 e. The summed E-state index contributed by atoms with van der Waals surface area (Å²) in [6, 6.07) is 0. The van der Waals surface area contributed by atoms with Crippen molar-refractivity contribution in [3.63, 3.8) is 0 Å². The number of aromatic nitrogens is 2. The van der Waals surface area contributed by atoms with Crippen molar-refractivity contribution in [3.05, 3.63) is 17.5 Å². The van der Waals surface area contributed by atoms with Crippen LogP contribution < -0.4 is 5.32 Å². The van der Waals surface area contributed by atoms with Gasteiger partial charge in [-0.2, -0.15) is 0 Å². The molecule has 1 heterocycles. The molecule has 1 aromatic rings. The highest BCUT2D eigenvalue weighted by atomic mass is 35.5. The minimum Gasteiger partial charge on any atom is -0.309 e. The number of hydrogen-bond donors (Lipinski definition) is 1. The van der Waals surface area contributed by atoms with Gasteiger partial charge in [-0.05, 0) is 12.8 Å². The fourth-order valence-corrected chi connectivity index (χ4v) is 2.50. The summed E-state index contributed by atoms with van der Waals surface area (Å²) in [5.41, 5.74) is 0. The van der Waals surface area contributed by atoms with Gasteiger partial charge in [0.2, 0.25) is 5.91 Å². The first-order valence-corrected chi connectivity index (χ1v) is 6.92. The monoisotopic (exact) mass is 267 g/mol. The summed E-state index contributed by atoms with van der Waals surface area (Å²) in [7, 11) is 0. The number of nitrogens with one attached hydrogen (secondary N) is 1. The number of amides is 1. The van der Waals surface area contributed by atoms with Crippen molar-refractivity contribution >= 4 is 23.3 Å². The van der Waals surface area contributed by atoms with Crippen LogP contribution in [0.5, 0.6) is 0 Å². The third kappa shape index (κ3) is 3.95. The molecule has 0 atom stereocenters. The van der Waals surface area contributed by atoms with Crippen LogP contribution in [0.3, 0.4) is 0 Å². The average Bonchev–Trinajstić information content (AvgIpc) is 2.28. The van der Waals surface area contributed by atoms with Crippen LogP contribution in [0.15, 0.2) is 12.4 Å². The Morgan fingerprint density at radius 3 is 2.50 bits per heavy atom. The second-order valence-corrected chi connectivity index (χ2v) is 5.15. The maximum absolute atomic E-state index is 12.1. The normalized spacial score (nSPS) is 17.8. The Balaban J connectivity index is 1.93. The van der Waals surface area contributed by atoms with Crippen LogP contribution in [0.25, 0.3) is 0 Å². The molecule has 1 aliphatic carbocycles. The second-order valence-electron chi connectivity index (χ2n) is 4.76. The molecule has 0 saturated heterocycles. The zero-order valence-corrected chi connectivity index (χ0v) is 11.1. The Hall–Kier alpha value is -1.16. The summed E-state index contributed by atoms with van der Waals surface area (Å²) >= 11 is 5.74. The molecule has 1 aromatic heterocycles. The lowest BCUT2D eigenvalue weighted by atomic mass is 9.90. The largest absolute Gasteiger partial charge is 0.309 e. The molecule has 0 bridgehead atoms. The molecule has 1 saturated carbocycles. The predicted molar refractivity (Wildman–Crippen MR) is 71.5 cm³/mol. The molecule has 1 fully saturated rings. The third-order valence-electron chi connectivity index (χ3n) is 3.33. The molecule has 1 N–H and O–H groups in total. The van der Waals surface area contributed by atoms with Crippen LogP contribution in [-0.2, 0) is 4.79 Å². The van der Waals surface area contributed by atoms with Gasteiger partial charge in [-0.3, -0.25) is 9.78 Å². The van der Waals surface area contributed by atoms with Crippen LogP contribution >= 0.6 is 11.6 Å². The number of carbonyl (C=O) groups is 1. The van der Waals surface area contributed by atoms with E-state index in [0.29, 0.717) is 11.0 Å². The van der Waals surface area contributed by atoms with Gasteiger partial charge in [0, 0.05) is 5.92 Å². The highest BCUT2D eigenvalue weighted by Crippen LogP contribution is 2.23. The van der Waals surface area contributed by atoms with Gasteiger partial charge in [0.1, 0.15) is 5.15 Å². The lowest BCUT2D eigenvalue weighted by Gasteiger charge is -2.18. The van der Waals surface area contributed by atoms with E-state index < -0.39 is 0 Å². The van der Waals surface area contributed by atoms with Crippen molar-refractivity contribution in [2.45, 2.75) is 44.9 Å². The molecular weight excluding hydrogens is 250 g/mol. The third-order valence-corrected chi connectivity index (χ3v) is 3.51. The number of hydrogen-bond acceptors (Lipinski definition) is 3. The Morgan fingerprint density at radius 2 is 1.83 bits per heavy atom. The highest BCUT2D eigenvalue weighted by Gasteiger charge is 2.19. The molecule has 0 aromatic carbocycles. The lowest BCUT2D eigenvalue weighted by Crippen LogP contribution is -2.24. The van der Waals surface area contributed by atoms with Crippen molar-refractivity contribution in [3.8, 4) is 0 Å². The summed E-state index contributed by atoms with van der Waals surface area (Å²) in [5, 5.41) is 3.10. The summed E-state index contributed by atoms with van der Waals surface area (Å²) in [4.78, 5) is 20.0. The van der Waals surface area contributed by atoms with Crippen molar-refractivity contribution in [1.29, 1.82) is 0 Å². The van der Waals surface area contributed by atoms with E-state index in [2.05, 4.69) is 15.3 Å². The van der Waals surface area contributed by atoms with E-state index in [9.17, 15) is 4.79 Å². The first-order valence-electron chi connectivity index (χ1n) is 6.54. The van der Waals surface area contributed by atoms with E-state index >= 15 is 0 Å². The molecule has 4 nitrogen and oxygen atoms in total. The Bertz CT molecular complexity index is 403. The molecule has 2 rings (SSSR count). The number of halogens is 1. The molecule has 0 radical (unpaired) electrons. The number of anilines is 1. The van der Waals surface area contributed by atoms with Gasteiger partial charge in [-0.15, -0.1) is 0 Å². The topological polar surface area (TPSA) is 54.9 Å². The van der Waals surface area contributed by atoms with Crippen molar-refractivity contribution in [2.24, 2.45) is 5.92 Å². The molecule has 98 valence electrons. The number of carbonyl (C=O) groups excluding carboxylic acids is 1. The van der Waals surface area contributed by atoms with E-state index in [1.54, 1.807) is 0 Å². The van der Waals surface area contributed by atoms with Crippen molar-refractivity contribution in [1.82, 2.24) is 9.97 Å². The quantitative estimate of drug-likeness (QED) is 0.893. The molecule has 0 aliphatic heterocycles. The Labute approximate surface area is 112 Å². The highest BCUT2D eigenvalue weighted by molar-refractivity contribution is 6.29. The van der Waals surface area contributed by atoms with Gasteiger partial charge in [0.15, 0.2) is 5.82 Å². The van der Waals surface area contributed by atoms with Gasteiger partial charge in [-0.1, -0.05) is 43.7 Å². The zero-order valence-electron chi connectivity index (χ0n) is 10.4. The molecule has 1 amide bonds. The van der Waals surface area contributed by atoms with Crippen molar-refractivity contribution in [2.75, 3.05) is 5.32 Å². The predicted octanol–water partition coefficient (Wildman–Crippen LogP) is 3.43. The van der Waals surface area contributed by atoms with E-state index in [-0.39, 0.29) is 11.8 Å². The zero-order chi connectivity index (χ0) is 12.8. The minimum absolute atomic E-state index is 0.0495. The molecule has 1 aliphatic rings. The molecular formula is C13H18ClN3O. The molecule has 0 spiro atoms. The van der Waals surface area contributed by atoms with E-state index in [1.165, 1.54) is 31.7 Å². The number of nitrogens with zero attached hydrogens (tertiary/aromatic N) is 2. The maximum atomic E-state index is 12.1. The van der Waals surface area contributed by atoms with Crippen LogP contribution in [0.4, 0.5) is 5.82 Å². The SMILES string of the molecule is O=C(Nc1cncc(Cl)n1)C1CCCCCCC1. The minimum atomic E-state index is 0.0495. The fraction of sp³-hybridized carbons (Fsp3) is 0.615. The van der Waals surface area contributed by atoms with Crippen LogP contribution in [-0.4, -0.2) is 15.9 Å².